The number of carboxylic acids is 1. The quantitative estimate of drug-likeness (QED) is 0.592. The molecule has 0 bridgehead atoms. The molecule has 0 spiro atoms. The monoisotopic (exact) mass is 396 g/mol. The van der Waals surface area contributed by atoms with Gasteiger partial charge in [0.1, 0.15) is 5.82 Å². The van der Waals surface area contributed by atoms with E-state index >= 15 is 0 Å². The molecule has 0 fully saturated rings. The number of hydrogen-bond acceptors (Lipinski definition) is 4. The molecule has 1 heterocycles. The number of nitrogens with zero attached hydrogens (tertiary/aromatic N) is 2. The Kier molecular flexibility index (Phi) is 5.58. The van der Waals surface area contributed by atoms with Gasteiger partial charge >= 0.3 is 12.0 Å². The summed E-state index contributed by atoms with van der Waals surface area (Å²) in [5, 5.41) is 27.4. The fraction of sp³-hybridized carbons (Fsp3) is 0.267. The van der Waals surface area contributed by atoms with Crippen LogP contribution in [0.1, 0.15) is 12.5 Å². The van der Waals surface area contributed by atoms with E-state index in [2.05, 4.69) is 31.7 Å². The third-order valence-electron chi connectivity index (χ3n) is 3.23. The zero-order valence-corrected chi connectivity index (χ0v) is 14.4. The lowest BCUT2D eigenvalue weighted by Gasteiger charge is -2.18. The molecule has 0 radical (unpaired) electrons. The predicted octanol–water partition coefficient (Wildman–Crippen LogP) is 1.65. The molecule has 1 atom stereocenters. The Morgan fingerprint density at radius 1 is 1.38 bits per heavy atom. The van der Waals surface area contributed by atoms with Crippen LogP contribution in [0.3, 0.4) is 0 Å². The smallest absolute Gasteiger partial charge is 0.337 e. The van der Waals surface area contributed by atoms with Crippen molar-refractivity contribution >= 4 is 33.7 Å². The normalized spacial score (nSPS) is 13.1. The molecule has 0 saturated heterocycles. The number of carboxylic acid groups (broad SMARTS) is 1. The average molecular weight is 397 g/mol. The minimum atomic E-state index is -2.03. The van der Waals surface area contributed by atoms with Gasteiger partial charge in [-0.05, 0) is 24.6 Å². The largest absolute Gasteiger partial charge is 0.479 e. The number of aliphatic carboxylic acids is 1. The van der Waals surface area contributed by atoms with E-state index in [9.17, 15) is 14.7 Å². The second-order valence-corrected chi connectivity index (χ2v) is 6.31. The highest BCUT2D eigenvalue weighted by Crippen LogP contribution is 2.15. The Morgan fingerprint density at radius 3 is 2.79 bits per heavy atom. The lowest BCUT2D eigenvalue weighted by atomic mass is 10.1. The average Bonchev–Trinajstić information content (AvgIpc) is 2.92. The SMILES string of the molecule is CC(O)(CNC(=O)Nc1ccnn1Cc1cccc(Br)c1)C(=O)O. The van der Waals surface area contributed by atoms with E-state index in [-0.39, 0.29) is 0 Å². The van der Waals surface area contributed by atoms with E-state index in [4.69, 9.17) is 5.11 Å². The van der Waals surface area contributed by atoms with Crippen LogP contribution in [0, 0.1) is 0 Å². The van der Waals surface area contributed by atoms with Crippen molar-refractivity contribution in [3.63, 3.8) is 0 Å². The van der Waals surface area contributed by atoms with Gasteiger partial charge < -0.3 is 15.5 Å². The van der Waals surface area contributed by atoms with Gasteiger partial charge in [-0.15, -0.1) is 0 Å². The molecule has 2 amide bonds. The van der Waals surface area contributed by atoms with Crippen LogP contribution in [-0.4, -0.2) is 44.1 Å². The topological polar surface area (TPSA) is 116 Å². The molecule has 1 aromatic heterocycles. The maximum Gasteiger partial charge on any atom is 0.337 e. The van der Waals surface area contributed by atoms with E-state index in [1.54, 1.807) is 16.9 Å². The molecule has 8 nitrogen and oxygen atoms in total. The van der Waals surface area contributed by atoms with Gasteiger partial charge in [-0.1, -0.05) is 28.1 Å². The number of carbonyl (C=O) groups excluding carboxylic acids is 1. The minimum absolute atomic E-state index is 0.423. The van der Waals surface area contributed by atoms with Crippen LogP contribution >= 0.6 is 15.9 Å². The number of amides is 2. The van der Waals surface area contributed by atoms with Crippen LogP contribution < -0.4 is 10.6 Å². The fourth-order valence-electron chi connectivity index (χ4n) is 1.86. The summed E-state index contributed by atoms with van der Waals surface area (Å²) in [6.45, 7) is 1.13. The number of halogens is 1. The van der Waals surface area contributed by atoms with Crippen molar-refractivity contribution in [1.29, 1.82) is 0 Å². The van der Waals surface area contributed by atoms with Gasteiger partial charge in [-0.3, -0.25) is 5.32 Å². The molecule has 0 aliphatic carbocycles. The van der Waals surface area contributed by atoms with Gasteiger partial charge in [0.2, 0.25) is 0 Å². The number of rotatable bonds is 6. The first-order chi connectivity index (χ1) is 11.3. The predicted molar refractivity (Wildman–Crippen MR) is 90.8 cm³/mol. The number of carbonyl (C=O) groups is 2. The van der Waals surface area contributed by atoms with Crippen molar-refractivity contribution in [2.45, 2.75) is 19.1 Å². The number of benzene rings is 1. The summed E-state index contributed by atoms with van der Waals surface area (Å²) < 4.78 is 2.53. The van der Waals surface area contributed by atoms with Crippen LogP contribution in [0.2, 0.25) is 0 Å². The summed E-state index contributed by atoms with van der Waals surface area (Å²) in [7, 11) is 0. The van der Waals surface area contributed by atoms with Crippen LogP contribution in [0.25, 0.3) is 0 Å². The molecule has 24 heavy (non-hydrogen) atoms. The van der Waals surface area contributed by atoms with Crippen molar-refractivity contribution in [3.05, 3.63) is 46.6 Å². The minimum Gasteiger partial charge on any atom is -0.479 e. The molecule has 2 rings (SSSR count). The number of hydrogen-bond donors (Lipinski definition) is 4. The Morgan fingerprint density at radius 2 is 2.12 bits per heavy atom. The summed E-state index contributed by atoms with van der Waals surface area (Å²) in [4.78, 5) is 22.7. The number of urea groups is 1. The van der Waals surface area contributed by atoms with Crippen molar-refractivity contribution in [2.75, 3.05) is 11.9 Å². The Bertz CT molecular complexity index is 745. The van der Waals surface area contributed by atoms with Crippen molar-refractivity contribution in [1.82, 2.24) is 15.1 Å². The van der Waals surface area contributed by atoms with Crippen molar-refractivity contribution in [3.8, 4) is 0 Å². The molecule has 1 unspecified atom stereocenters. The van der Waals surface area contributed by atoms with Crippen molar-refractivity contribution in [2.24, 2.45) is 0 Å². The molecule has 9 heteroatoms. The van der Waals surface area contributed by atoms with Crippen LogP contribution in [0.5, 0.6) is 0 Å². The zero-order chi connectivity index (χ0) is 17.7. The lowest BCUT2D eigenvalue weighted by Crippen LogP contribution is -2.47. The second-order valence-electron chi connectivity index (χ2n) is 5.39. The highest BCUT2D eigenvalue weighted by Gasteiger charge is 2.30. The fourth-order valence-corrected chi connectivity index (χ4v) is 2.31. The summed E-state index contributed by atoms with van der Waals surface area (Å²) in [5.41, 5.74) is -1.04. The van der Waals surface area contributed by atoms with Crippen LogP contribution in [0.15, 0.2) is 41.0 Å². The number of aliphatic hydroxyl groups is 1. The van der Waals surface area contributed by atoms with E-state index in [0.29, 0.717) is 12.4 Å². The zero-order valence-electron chi connectivity index (χ0n) is 12.9. The van der Waals surface area contributed by atoms with Gasteiger partial charge in [0, 0.05) is 10.5 Å². The third-order valence-corrected chi connectivity index (χ3v) is 3.73. The number of nitrogens with one attached hydrogen (secondary N) is 2. The van der Waals surface area contributed by atoms with E-state index < -0.39 is 24.1 Å². The molecule has 0 saturated carbocycles. The molecular formula is C15H17BrN4O4. The molecule has 0 aliphatic heterocycles. The van der Waals surface area contributed by atoms with Crippen molar-refractivity contribution < 1.29 is 19.8 Å². The standard InChI is InChI=1S/C15H17BrN4O4/c1-15(24,13(21)22)9-17-14(23)19-12-5-6-18-20(12)8-10-3-2-4-11(16)7-10/h2-7,24H,8-9H2,1H3,(H,21,22)(H2,17,19,23). The van der Waals surface area contributed by atoms with Gasteiger partial charge in [0.15, 0.2) is 5.60 Å². The molecule has 4 N–H and O–H groups in total. The molecular weight excluding hydrogens is 380 g/mol. The highest BCUT2D eigenvalue weighted by molar-refractivity contribution is 9.10. The van der Waals surface area contributed by atoms with Gasteiger partial charge in [0.05, 0.1) is 19.3 Å². The maximum atomic E-state index is 11.9. The third kappa shape index (κ3) is 4.80. The summed E-state index contributed by atoms with van der Waals surface area (Å²) in [6.07, 6.45) is 1.54. The first kappa shape index (κ1) is 18.0. The van der Waals surface area contributed by atoms with Gasteiger partial charge in [-0.2, -0.15) is 5.10 Å². The molecule has 128 valence electrons. The van der Waals surface area contributed by atoms with Crippen LogP contribution in [0.4, 0.5) is 10.6 Å². The van der Waals surface area contributed by atoms with Crippen LogP contribution in [-0.2, 0) is 11.3 Å². The van der Waals surface area contributed by atoms with E-state index in [0.717, 1.165) is 17.0 Å². The second kappa shape index (κ2) is 7.45. The number of anilines is 1. The Balaban J connectivity index is 1.98. The van der Waals surface area contributed by atoms with E-state index in [1.807, 2.05) is 24.3 Å². The first-order valence-corrected chi connectivity index (χ1v) is 7.84. The lowest BCUT2D eigenvalue weighted by molar-refractivity contribution is -0.155. The Hall–Kier alpha value is -2.39. The van der Waals surface area contributed by atoms with Gasteiger partial charge in [0.25, 0.3) is 0 Å². The summed E-state index contributed by atoms with van der Waals surface area (Å²) >= 11 is 3.39. The molecule has 1 aromatic carbocycles. The van der Waals surface area contributed by atoms with E-state index in [1.165, 1.54) is 0 Å². The van der Waals surface area contributed by atoms with Gasteiger partial charge in [-0.25, -0.2) is 14.3 Å². The maximum absolute atomic E-state index is 11.9. The summed E-state index contributed by atoms with van der Waals surface area (Å²) in [5.74, 6) is -0.968. The number of aromatic nitrogens is 2. The summed E-state index contributed by atoms with van der Waals surface area (Å²) in [6, 6.07) is 8.67. The molecule has 0 aliphatic rings. The highest BCUT2D eigenvalue weighted by atomic mass is 79.9. The Labute approximate surface area is 146 Å². The molecule has 2 aromatic rings. The first-order valence-electron chi connectivity index (χ1n) is 7.05.